The fraction of sp³-hybridized carbons (Fsp3) is 0.214. The lowest BCUT2D eigenvalue weighted by Crippen LogP contribution is -2.11. The molecule has 100 valence electrons. The van der Waals surface area contributed by atoms with Gasteiger partial charge < -0.3 is 5.32 Å². The molecule has 0 bridgehead atoms. The van der Waals surface area contributed by atoms with Gasteiger partial charge in [0.1, 0.15) is 0 Å². The van der Waals surface area contributed by atoms with Crippen LogP contribution in [0, 0.1) is 6.92 Å². The van der Waals surface area contributed by atoms with Gasteiger partial charge in [-0.1, -0.05) is 12.1 Å². The normalized spacial score (nSPS) is 11.4. The molecule has 1 aromatic carbocycles. The van der Waals surface area contributed by atoms with Crippen molar-refractivity contribution in [2.24, 2.45) is 0 Å². The topological polar surface area (TPSA) is 24.9 Å². The molecule has 19 heavy (non-hydrogen) atoms. The van der Waals surface area contributed by atoms with Gasteiger partial charge in [-0.05, 0) is 36.2 Å². The lowest BCUT2D eigenvalue weighted by Gasteiger charge is -2.15. The Bertz CT molecular complexity index is 565. The smallest absolute Gasteiger partial charge is 0.380 e. The number of nitrogens with zero attached hydrogens (tertiary/aromatic N) is 1. The van der Waals surface area contributed by atoms with E-state index in [0.29, 0.717) is 6.54 Å². The zero-order valence-corrected chi connectivity index (χ0v) is 10.3. The molecule has 1 heterocycles. The number of rotatable bonds is 3. The lowest BCUT2D eigenvalue weighted by atomic mass is 10.1. The first-order chi connectivity index (χ1) is 8.98. The average molecular weight is 266 g/mol. The summed E-state index contributed by atoms with van der Waals surface area (Å²) in [6.45, 7) is 2.21. The molecule has 0 unspecified atom stereocenters. The van der Waals surface area contributed by atoms with E-state index in [1.807, 2.05) is 6.92 Å². The van der Waals surface area contributed by atoms with Crippen LogP contribution in [-0.2, 0) is 12.7 Å². The zero-order valence-electron chi connectivity index (χ0n) is 10.3. The molecule has 0 saturated heterocycles. The standard InChI is InChI=1S/C14H13F3N2/c1-10-8-18-7-6-11(10)9-19-13-5-3-2-4-12(13)14(15,16)17/h2-8,19H,9H2,1H3. The Kier molecular flexibility index (Phi) is 3.74. The Hall–Kier alpha value is -2.04. The molecule has 0 aliphatic rings. The van der Waals surface area contributed by atoms with Crippen LogP contribution < -0.4 is 5.32 Å². The first kappa shape index (κ1) is 13.4. The number of pyridine rings is 1. The van der Waals surface area contributed by atoms with Crippen LogP contribution >= 0.6 is 0 Å². The highest BCUT2D eigenvalue weighted by molar-refractivity contribution is 5.53. The number of halogens is 3. The summed E-state index contributed by atoms with van der Waals surface area (Å²) in [7, 11) is 0. The second-order valence-corrected chi connectivity index (χ2v) is 4.20. The molecule has 0 atom stereocenters. The van der Waals surface area contributed by atoms with Crippen molar-refractivity contribution in [1.82, 2.24) is 4.98 Å². The van der Waals surface area contributed by atoms with Crippen LogP contribution in [0.2, 0.25) is 0 Å². The van der Waals surface area contributed by atoms with Crippen molar-refractivity contribution in [2.45, 2.75) is 19.6 Å². The molecule has 0 radical (unpaired) electrons. The van der Waals surface area contributed by atoms with Crippen molar-refractivity contribution in [1.29, 1.82) is 0 Å². The van der Waals surface area contributed by atoms with Gasteiger partial charge in [-0.3, -0.25) is 4.98 Å². The Morgan fingerprint density at radius 2 is 1.89 bits per heavy atom. The van der Waals surface area contributed by atoms with Crippen molar-refractivity contribution in [2.75, 3.05) is 5.32 Å². The SMILES string of the molecule is Cc1cnccc1CNc1ccccc1C(F)(F)F. The summed E-state index contributed by atoms with van der Waals surface area (Å²) in [4.78, 5) is 3.95. The number of para-hydroxylation sites is 1. The van der Waals surface area contributed by atoms with Crippen LogP contribution in [0.1, 0.15) is 16.7 Å². The first-order valence-electron chi connectivity index (χ1n) is 5.78. The van der Waals surface area contributed by atoms with Crippen LogP contribution in [0.15, 0.2) is 42.7 Å². The maximum Gasteiger partial charge on any atom is 0.418 e. The maximum absolute atomic E-state index is 12.8. The summed E-state index contributed by atoms with van der Waals surface area (Å²) in [6, 6.07) is 7.25. The third-order valence-corrected chi connectivity index (χ3v) is 2.84. The van der Waals surface area contributed by atoms with Crippen molar-refractivity contribution < 1.29 is 13.2 Å². The van der Waals surface area contributed by atoms with Crippen molar-refractivity contribution >= 4 is 5.69 Å². The van der Waals surface area contributed by atoms with Crippen molar-refractivity contribution in [3.63, 3.8) is 0 Å². The third kappa shape index (κ3) is 3.24. The highest BCUT2D eigenvalue weighted by Gasteiger charge is 2.32. The van der Waals surface area contributed by atoms with E-state index < -0.39 is 11.7 Å². The fourth-order valence-electron chi connectivity index (χ4n) is 1.78. The van der Waals surface area contributed by atoms with Crippen LogP contribution in [0.4, 0.5) is 18.9 Å². The summed E-state index contributed by atoms with van der Waals surface area (Å²) in [5.74, 6) is 0. The van der Waals surface area contributed by atoms with E-state index in [1.54, 1.807) is 24.5 Å². The number of aryl methyl sites for hydroxylation is 1. The van der Waals surface area contributed by atoms with E-state index in [0.717, 1.165) is 17.2 Å². The van der Waals surface area contributed by atoms with Gasteiger partial charge in [-0.2, -0.15) is 13.2 Å². The van der Waals surface area contributed by atoms with Crippen LogP contribution in [0.5, 0.6) is 0 Å². The fourth-order valence-corrected chi connectivity index (χ4v) is 1.78. The minimum Gasteiger partial charge on any atom is -0.380 e. The number of anilines is 1. The summed E-state index contributed by atoms with van der Waals surface area (Å²) >= 11 is 0. The summed E-state index contributed by atoms with van der Waals surface area (Å²) < 4.78 is 38.4. The molecule has 1 N–H and O–H groups in total. The molecule has 0 aliphatic carbocycles. The number of aromatic nitrogens is 1. The number of benzene rings is 1. The van der Waals surface area contributed by atoms with E-state index in [9.17, 15) is 13.2 Å². The van der Waals surface area contributed by atoms with Gasteiger partial charge in [0.15, 0.2) is 0 Å². The maximum atomic E-state index is 12.8. The minimum absolute atomic E-state index is 0.0891. The van der Waals surface area contributed by atoms with E-state index in [-0.39, 0.29) is 5.69 Å². The predicted molar refractivity (Wildman–Crippen MR) is 67.7 cm³/mol. The van der Waals surface area contributed by atoms with E-state index in [4.69, 9.17) is 0 Å². The highest BCUT2D eigenvalue weighted by atomic mass is 19.4. The van der Waals surface area contributed by atoms with E-state index in [2.05, 4.69) is 10.3 Å². The van der Waals surface area contributed by atoms with Gasteiger partial charge in [0.25, 0.3) is 0 Å². The monoisotopic (exact) mass is 266 g/mol. The molecule has 1 aromatic heterocycles. The number of alkyl halides is 3. The Labute approximate surface area is 109 Å². The second-order valence-electron chi connectivity index (χ2n) is 4.20. The van der Waals surface area contributed by atoms with Gasteiger partial charge in [0.05, 0.1) is 5.56 Å². The predicted octanol–water partition coefficient (Wildman–Crippen LogP) is 4.02. The van der Waals surface area contributed by atoms with E-state index >= 15 is 0 Å². The molecular weight excluding hydrogens is 253 g/mol. The molecule has 0 amide bonds. The van der Waals surface area contributed by atoms with Crippen LogP contribution in [-0.4, -0.2) is 4.98 Å². The molecule has 2 nitrogen and oxygen atoms in total. The number of nitrogens with one attached hydrogen (secondary N) is 1. The Morgan fingerprint density at radius 3 is 2.58 bits per heavy atom. The average Bonchev–Trinajstić information content (AvgIpc) is 2.37. The lowest BCUT2D eigenvalue weighted by molar-refractivity contribution is -0.136. The summed E-state index contributed by atoms with van der Waals surface area (Å²) in [5.41, 5.74) is 1.30. The number of hydrogen-bond donors (Lipinski definition) is 1. The molecule has 0 fully saturated rings. The molecule has 2 aromatic rings. The Balaban J connectivity index is 2.19. The summed E-state index contributed by atoms with van der Waals surface area (Å²) in [6.07, 6.45) is -1.04. The molecule has 0 saturated carbocycles. The quantitative estimate of drug-likeness (QED) is 0.907. The van der Waals surface area contributed by atoms with Gasteiger partial charge >= 0.3 is 6.18 Å². The molecule has 0 spiro atoms. The minimum atomic E-state index is -4.35. The molecule has 2 rings (SSSR count). The van der Waals surface area contributed by atoms with Gasteiger partial charge in [-0.25, -0.2) is 0 Å². The first-order valence-corrected chi connectivity index (χ1v) is 5.78. The number of hydrogen-bond acceptors (Lipinski definition) is 2. The largest absolute Gasteiger partial charge is 0.418 e. The Morgan fingerprint density at radius 1 is 1.16 bits per heavy atom. The third-order valence-electron chi connectivity index (χ3n) is 2.84. The van der Waals surface area contributed by atoms with Gasteiger partial charge in [-0.15, -0.1) is 0 Å². The van der Waals surface area contributed by atoms with Gasteiger partial charge in [0.2, 0.25) is 0 Å². The van der Waals surface area contributed by atoms with Crippen LogP contribution in [0.3, 0.4) is 0 Å². The highest BCUT2D eigenvalue weighted by Crippen LogP contribution is 2.34. The molecule has 0 aliphatic heterocycles. The van der Waals surface area contributed by atoms with Crippen molar-refractivity contribution in [3.05, 3.63) is 59.4 Å². The zero-order chi connectivity index (χ0) is 13.9. The molecule has 5 heteroatoms. The van der Waals surface area contributed by atoms with Crippen molar-refractivity contribution in [3.8, 4) is 0 Å². The molecular formula is C14H13F3N2. The second kappa shape index (κ2) is 5.30. The summed E-state index contributed by atoms with van der Waals surface area (Å²) in [5, 5.41) is 2.83. The van der Waals surface area contributed by atoms with Crippen LogP contribution in [0.25, 0.3) is 0 Å². The van der Waals surface area contributed by atoms with Gasteiger partial charge in [0, 0.05) is 24.6 Å². The van der Waals surface area contributed by atoms with E-state index in [1.165, 1.54) is 12.1 Å².